The second kappa shape index (κ2) is 31.5. The van der Waals surface area contributed by atoms with Gasteiger partial charge >= 0.3 is 0 Å². The zero-order chi connectivity index (χ0) is 71.4. The van der Waals surface area contributed by atoms with E-state index in [1.807, 2.05) is 140 Å². The van der Waals surface area contributed by atoms with Crippen molar-refractivity contribution in [2.45, 2.75) is 43.8 Å². The summed E-state index contributed by atoms with van der Waals surface area (Å²) in [5.74, 6) is 6.31. The van der Waals surface area contributed by atoms with Gasteiger partial charge in [0.25, 0.3) is 17.7 Å². The van der Waals surface area contributed by atoms with Crippen molar-refractivity contribution in [3.05, 3.63) is 217 Å². The molecule has 3 aliphatic heterocycles. The van der Waals surface area contributed by atoms with Gasteiger partial charge in [0.05, 0.1) is 18.1 Å². The van der Waals surface area contributed by atoms with Gasteiger partial charge in [-0.25, -0.2) is 31.0 Å². The van der Waals surface area contributed by atoms with Gasteiger partial charge in [-0.05, 0) is 155 Å². The van der Waals surface area contributed by atoms with Gasteiger partial charge < -0.3 is 58.4 Å². The molecule has 9 aromatic rings. The number of rotatable bonds is 22. The smallest absolute Gasteiger partial charge is 0.254 e. The molecule has 28 heteroatoms. The summed E-state index contributed by atoms with van der Waals surface area (Å²) in [7, 11) is -2.23. The molecule has 12 N–H and O–H groups in total. The minimum atomic E-state index is -3.54. The summed E-state index contributed by atoms with van der Waals surface area (Å²) in [6, 6.07) is 49.1. The van der Waals surface area contributed by atoms with E-state index in [-0.39, 0.29) is 64.7 Å². The van der Waals surface area contributed by atoms with E-state index < -0.39 is 37.5 Å². The number of carbonyl (C=O) groups is 4. The highest BCUT2D eigenvalue weighted by atomic mass is 32.2. The fourth-order valence-electron chi connectivity index (χ4n) is 11.8. The second-order valence-corrected chi connectivity index (χ2v) is 28.1. The normalized spacial score (nSPS) is 16.9. The molecule has 6 aromatic carbocycles. The molecule has 520 valence electrons. The fraction of sp³-hybridized carbons (Fsp3) is 0.222. The Morgan fingerprint density at radius 1 is 0.490 bits per heavy atom. The highest BCUT2D eigenvalue weighted by molar-refractivity contribution is 8.00. The Labute approximate surface area is 580 Å². The van der Waals surface area contributed by atoms with Crippen LogP contribution in [0.15, 0.2) is 200 Å². The number of nitrogens with zero attached hydrogens (tertiary/aromatic N) is 10. The number of sulfonamides is 1. The third-order valence-electron chi connectivity index (χ3n) is 16.9. The second-order valence-electron chi connectivity index (χ2n) is 24.0. The fourth-order valence-corrected chi connectivity index (χ4v) is 13.8. The van der Waals surface area contributed by atoms with E-state index in [4.69, 9.17) is 48.6 Å². The van der Waals surface area contributed by atoms with Crippen molar-refractivity contribution < 1.29 is 46.0 Å². The van der Waals surface area contributed by atoms with Crippen LogP contribution < -0.4 is 48.6 Å². The van der Waals surface area contributed by atoms with E-state index in [0.717, 1.165) is 29.7 Å². The molecule has 1 unspecified atom stereocenters. The molecule has 0 radical (unpaired) electrons. The third-order valence-corrected chi connectivity index (χ3v) is 20.1. The predicted molar refractivity (Wildman–Crippen MR) is 389 cm³/mol. The molecule has 0 bridgehead atoms. The van der Waals surface area contributed by atoms with Crippen molar-refractivity contribution in [1.82, 2.24) is 47.8 Å². The quantitative estimate of drug-likeness (QED) is 0.0272. The van der Waals surface area contributed by atoms with Crippen molar-refractivity contribution in [3.63, 3.8) is 0 Å². The van der Waals surface area contributed by atoms with Crippen molar-refractivity contribution in [3.8, 4) is 68.3 Å². The van der Waals surface area contributed by atoms with E-state index in [2.05, 4.69) is 34.3 Å². The number of carbonyl (C=O) groups excluding carboxylic acids is 4. The van der Waals surface area contributed by atoms with E-state index in [9.17, 15) is 31.8 Å². The van der Waals surface area contributed by atoms with E-state index in [1.165, 1.54) is 14.4 Å². The maximum absolute atomic E-state index is 12.7. The topological polar surface area (TPSA) is 370 Å². The van der Waals surface area contributed by atoms with Crippen LogP contribution in [0.2, 0.25) is 0 Å². The van der Waals surface area contributed by atoms with Gasteiger partial charge in [-0.3, -0.25) is 19.2 Å². The summed E-state index contributed by atoms with van der Waals surface area (Å²) >= 11 is 0. The molecule has 26 nitrogen and oxygen atoms in total. The minimum Gasteiger partial charge on any atom is -0.457 e. The van der Waals surface area contributed by atoms with Crippen LogP contribution in [0.1, 0.15) is 74.9 Å². The number of benzene rings is 6. The maximum Gasteiger partial charge on any atom is 0.254 e. The van der Waals surface area contributed by atoms with E-state index >= 15 is 0 Å². The summed E-state index contributed by atoms with van der Waals surface area (Å²) in [6.45, 7) is 10.3. The first-order valence-corrected chi connectivity index (χ1v) is 35.2. The number of nitrogen functional groups attached to an aromatic ring is 3. The lowest BCUT2D eigenvalue weighted by Crippen LogP contribution is -2.40. The zero-order valence-electron chi connectivity index (χ0n) is 55.4. The van der Waals surface area contributed by atoms with Crippen molar-refractivity contribution >= 4 is 66.7 Å². The van der Waals surface area contributed by atoms with Crippen LogP contribution in [0.4, 0.5) is 17.5 Å². The van der Waals surface area contributed by atoms with Gasteiger partial charge in [-0.2, -0.15) is 19.6 Å². The number of para-hydroxylation sites is 3. The van der Waals surface area contributed by atoms with Crippen LogP contribution in [0.5, 0.6) is 34.5 Å². The predicted octanol–water partition coefficient (Wildman–Crippen LogP) is 9.09. The van der Waals surface area contributed by atoms with Crippen molar-refractivity contribution in [2.24, 2.45) is 17.2 Å². The molecule has 0 spiro atoms. The largest absolute Gasteiger partial charge is 0.457 e. The first kappa shape index (κ1) is 71.5. The number of amides is 4. The Bertz CT molecular complexity index is 4680. The highest BCUT2D eigenvalue weighted by Crippen LogP contribution is 2.38. The third kappa shape index (κ3) is 16.8. The summed E-state index contributed by atoms with van der Waals surface area (Å²) in [4.78, 5) is 53.0. The first-order valence-electron chi connectivity index (χ1n) is 31.9. The Morgan fingerprint density at radius 2 is 0.840 bits per heavy atom. The van der Waals surface area contributed by atoms with E-state index in [0.29, 0.717) is 109 Å². The molecule has 3 saturated heterocycles. The summed E-state index contributed by atoms with van der Waals surface area (Å²) in [6.07, 6.45) is 6.18. The molecule has 0 aliphatic carbocycles. The lowest BCUT2D eigenvalue weighted by Gasteiger charge is -2.33. The lowest BCUT2D eigenvalue weighted by atomic mass is 10.1. The number of ether oxygens (including phenoxy) is 3. The van der Waals surface area contributed by atoms with Crippen LogP contribution in [0.25, 0.3) is 33.8 Å². The van der Waals surface area contributed by atoms with Crippen molar-refractivity contribution in [2.75, 3.05) is 77.1 Å². The molecule has 6 heterocycles. The van der Waals surface area contributed by atoms with E-state index in [1.54, 1.807) is 73.2 Å². The van der Waals surface area contributed by atoms with Gasteiger partial charge in [-0.15, -0.1) is 0 Å². The van der Waals surface area contributed by atoms with Gasteiger partial charge in [-0.1, -0.05) is 73.8 Å². The molecule has 3 aliphatic rings. The molecule has 3 aromatic heterocycles. The molecule has 4 amide bonds. The van der Waals surface area contributed by atoms with Gasteiger partial charge in [0.15, 0.2) is 0 Å². The monoisotopic (exact) mass is 1390 g/mol. The number of nitrogens with two attached hydrogens (primary N) is 6. The van der Waals surface area contributed by atoms with Crippen LogP contribution in [0, 0.1) is 0 Å². The number of primary amides is 3. The number of hydrogen-bond acceptors (Lipinski definition) is 17. The minimum absolute atomic E-state index is 0.0515. The van der Waals surface area contributed by atoms with Gasteiger partial charge in [0.1, 0.15) is 85.7 Å². The molecule has 100 heavy (non-hydrogen) atoms. The Balaban J connectivity index is 0.000000162. The van der Waals surface area contributed by atoms with Crippen LogP contribution >= 0.6 is 0 Å². The number of aromatic nitrogens is 6. The SMILES string of the molecule is C=CS(=C)(=O)N1CCC[C@@H](n2nc(-c3ccc(Oc4ccccc4)cc3)c(C(N)=O)c2N)C1.C=CS(=O)(=O)N1CC[C@@H](n2nc(-c3ccc(Oc4ccccc4)cc3)c(C(N)=O)c2N)C1.CN(C)C/C=C/C(=O)N1CC[C@@H](n2nc(-c3ccc(Oc4ccccc4)cc3)c(C(N)=O)c2N)C1. The zero-order valence-corrected chi connectivity index (χ0v) is 57.0. The lowest BCUT2D eigenvalue weighted by molar-refractivity contribution is -0.125. The van der Waals surface area contributed by atoms with Crippen LogP contribution in [0.3, 0.4) is 0 Å². The number of anilines is 3. The van der Waals surface area contributed by atoms with Crippen LogP contribution in [-0.2, 0) is 24.5 Å². The number of hydrogen-bond donors (Lipinski definition) is 6. The molecule has 0 saturated carbocycles. The standard InChI is InChI=1S/C26H30N6O3.C24H27N5O3S.C22H23N5O4S/c1-30(2)15-6-9-22(33)31-16-14-19(17-31)32-25(27)23(26(28)34)24(29-32)18-10-12-21(13-11-18)35-20-7-4-3-5-8-20;1-3-33(2,31)28-15-7-8-18(16-28)29-23(25)21(24(26)30)22(27-29)17-11-13-20(14-12-17)32-19-9-5-4-6-10-19;1-2-32(29,30)26-13-12-16(14-26)27-21(23)19(22(24)28)20(25-27)15-8-10-18(11-9-15)31-17-6-4-3-5-7-17/h3-13,19H,14-17,27H2,1-2H3,(H2,28,34);3-6,9-14,18H,1-2,7-8,15-16,25H2,(H2,26,30);2-11,16H,1,12-14,23H2,(H2,24,28)/b9-6+;;/t19-;18-,33?;16-/m111/s1. The average Bonchev–Trinajstić information content (AvgIpc) is 1.64. The van der Waals surface area contributed by atoms with Gasteiger partial charge in [0, 0.05) is 89.1 Å². The summed E-state index contributed by atoms with van der Waals surface area (Å²) in [5.41, 5.74) is 39.5. The molecule has 4 atom stereocenters. The van der Waals surface area contributed by atoms with Crippen LogP contribution in [-0.4, -0.2) is 150 Å². The number of likely N-dealkylation sites (tertiary alicyclic amines) is 1. The molecular formula is C72H80N16O10S2. The molecular weight excluding hydrogens is 1310 g/mol. The number of likely N-dealkylation sites (N-methyl/N-ethyl adjacent to an activating group) is 1. The molecule has 3 fully saturated rings. The Hall–Kier alpha value is -11.3. The Morgan fingerprint density at radius 3 is 1.20 bits per heavy atom. The highest BCUT2D eigenvalue weighted by Gasteiger charge is 2.36. The number of piperidine rings is 1. The van der Waals surface area contributed by atoms with Gasteiger partial charge in [0.2, 0.25) is 15.9 Å². The molecule has 12 rings (SSSR count). The Kier molecular flexibility index (Phi) is 22.5. The average molecular weight is 1390 g/mol. The maximum atomic E-state index is 12.7. The van der Waals surface area contributed by atoms with Crippen molar-refractivity contribution in [1.29, 1.82) is 0 Å². The summed E-state index contributed by atoms with van der Waals surface area (Å²) in [5, 5.41) is 16.2. The first-order chi connectivity index (χ1) is 47.9. The summed E-state index contributed by atoms with van der Waals surface area (Å²) < 4.78 is 62.2.